The molecule has 1 aromatic heterocycles. The number of para-hydroxylation sites is 1. The van der Waals surface area contributed by atoms with Crippen LogP contribution in [0.1, 0.15) is 37.8 Å². The fourth-order valence-corrected chi connectivity index (χ4v) is 5.92. The number of ether oxygens (including phenoxy) is 1. The van der Waals surface area contributed by atoms with E-state index in [2.05, 4.69) is 36.6 Å². The summed E-state index contributed by atoms with van der Waals surface area (Å²) in [5.74, 6) is -0.132. The molecule has 0 radical (unpaired) electrons. The molecule has 2 heterocycles. The van der Waals surface area contributed by atoms with Crippen molar-refractivity contribution in [2.24, 2.45) is 11.7 Å². The molecule has 4 N–H and O–H groups in total. The number of fused-ring (bicyclic) bond motifs is 1. The van der Waals surface area contributed by atoms with Crippen LogP contribution in [0.4, 0.5) is 0 Å². The quantitative estimate of drug-likeness (QED) is 0.128. The molecule has 3 aromatic carbocycles. The molecule has 0 bridgehead atoms. The summed E-state index contributed by atoms with van der Waals surface area (Å²) in [7, 11) is 0. The maximum atomic E-state index is 13.5. The van der Waals surface area contributed by atoms with Crippen LogP contribution in [0.2, 0.25) is 0 Å². The smallest absolute Gasteiger partial charge is 0.266 e. The average molecular weight is 585 g/mol. The molecule has 218 valence electrons. The van der Waals surface area contributed by atoms with Crippen LogP contribution >= 0.6 is 11.8 Å². The largest absolute Gasteiger partial charge is 0.489 e. The van der Waals surface area contributed by atoms with Crippen LogP contribution in [0.25, 0.3) is 22.2 Å². The van der Waals surface area contributed by atoms with Crippen LogP contribution in [0.3, 0.4) is 0 Å². The Balaban J connectivity index is 1.34. The van der Waals surface area contributed by atoms with Gasteiger partial charge in [-0.1, -0.05) is 56.3 Å². The molecule has 1 saturated heterocycles. The lowest BCUT2D eigenvalue weighted by molar-refractivity contribution is -0.144. The molecular formula is C33H36N4O4S. The Labute approximate surface area is 250 Å². The molecule has 5 rings (SSSR count). The Hall–Kier alpha value is -3.92. The predicted octanol–water partition coefficient (Wildman–Crippen LogP) is 5.51. The van der Waals surface area contributed by atoms with E-state index < -0.39 is 17.5 Å². The Morgan fingerprint density at radius 3 is 2.50 bits per heavy atom. The monoisotopic (exact) mass is 584 g/mol. The van der Waals surface area contributed by atoms with Crippen molar-refractivity contribution in [1.82, 2.24) is 15.4 Å². The number of thioether (sulfide) groups is 1. The zero-order valence-electron chi connectivity index (χ0n) is 24.0. The number of carbonyl (C=O) groups excluding carboxylic acids is 2. The first kappa shape index (κ1) is 29.6. The van der Waals surface area contributed by atoms with E-state index in [0.29, 0.717) is 37.3 Å². The Bertz CT molecular complexity index is 1580. The number of pyridine rings is 1. The second-order valence-corrected chi connectivity index (χ2v) is 11.9. The van der Waals surface area contributed by atoms with Crippen molar-refractivity contribution in [3.05, 3.63) is 90.0 Å². The van der Waals surface area contributed by atoms with Crippen LogP contribution in [0, 0.1) is 5.92 Å². The van der Waals surface area contributed by atoms with Crippen LogP contribution in [0.5, 0.6) is 5.75 Å². The third-order valence-electron chi connectivity index (χ3n) is 7.82. The minimum Gasteiger partial charge on any atom is -0.489 e. The van der Waals surface area contributed by atoms with Crippen LogP contribution < -0.4 is 16.0 Å². The van der Waals surface area contributed by atoms with Gasteiger partial charge < -0.3 is 15.4 Å². The number of amides is 2. The Kier molecular flexibility index (Phi) is 8.82. The number of hydrogen-bond acceptors (Lipinski definition) is 7. The fraction of sp³-hybridized carbons (Fsp3) is 0.303. The first-order valence-electron chi connectivity index (χ1n) is 14.0. The van der Waals surface area contributed by atoms with Crippen molar-refractivity contribution in [2.45, 2.75) is 49.8 Å². The van der Waals surface area contributed by atoms with Crippen molar-refractivity contribution in [2.75, 3.05) is 12.8 Å². The third kappa shape index (κ3) is 5.99. The first-order chi connectivity index (χ1) is 20.2. The van der Waals surface area contributed by atoms with Gasteiger partial charge in [0, 0.05) is 28.0 Å². The molecule has 0 saturated carbocycles. The predicted molar refractivity (Wildman–Crippen MR) is 165 cm³/mol. The number of carbonyl (C=O) groups is 2. The van der Waals surface area contributed by atoms with Gasteiger partial charge in [-0.3, -0.25) is 14.8 Å². The van der Waals surface area contributed by atoms with Gasteiger partial charge in [0.1, 0.15) is 23.9 Å². The highest BCUT2D eigenvalue weighted by Crippen LogP contribution is 2.34. The number of hydroxylamine groups is 1. The summed E-state index contributed by atoms with van der Waals surface area (Å²) in [6.45, 7) is 4.60. The van der Waals surface area contributed by atoms with Crippen molar-refractivity contribution in [3.63, 3.8) is 0 Å². The summed E-state index contributed by atoms with van der Waals surface area (Å²) in [5.41, 5.74) is 11.6. The van der Waals surface area contributed by atoms with Gasteiger partial charge in [-0.05, 0) is 67.0 Å². The summed E-state index contributed by atoms with van der Waals surface area (Å²) in [6, 6.07) is 24.9. The second kappa shape index (κ2) is 12.5. The van der Waals surface area contributed by atoms with Crippen molar-refractivity contribution >= 4 is 34.5 Å². The maximum Gasteiger partial charge on any atom is 0.266 e. The van der Waals surface area contributed by atoms with Gasteiger partial charge in [0.15, 0.2) is 0 Å². The summed E-state index contributed by atoms with van der Waals surface area (Å²) in [6.07, 6.45) is 2.85. The van der Waals surface area contributed by atoms with E-state index in [1.807, 2.05) is 62.4 Å². The number of benzene rings is 3. The van der Waals surface area contributed by atoms with Gasteiger partial charge in [-0.2, -0.15) is 0 Å². The van der Waals surface area contributed by atoms with Crippen molar-refractivity contribution < 1.29 is 19.5 Å². The highest BCUT2D eigenvalue weighted by molar-refractivity contribution is 7.98. The van der Waals surface area contributed by atoms with Gasteiger partial charge in [0.2, 0.25) is 5.91 Å². The molecule has 0 aliphatic carbocycles. The lowest BCUT2D eigenvalue weighted by Gasteiger charge is -2.30. The fourth-order valence-electron chi connectivity index (χ4n) is 5.51. The Morgan fingerprint density at radius 1 is 1.12 bits per heavy atom. The van der Waals surface area contributed by atoms with Gasteiger partial charge in [-0.25, -0.2) is 10.5 Å². The van der Waals surface area contributed by atoms with E-state index in [1.54, 1.807) is 17.2 Å². The lowest BCUT2D eigenvalue weighted by Crippen LogP contribution is -2.52. The molecule has 1 fully saturated rings. The Morgan fingerprint density at radius 2 is 1.83 bits per heavy atom. The topological polar surface area (TPSA) is 118 Å². The summed E-state index contributed by atoms with van der Waals surface area (Å²) >= 11 is 1.70. The van der Waals surface area contributed by atoms with E-state index in [0.717, 1.165) is 27.7 Å². The number of nitrogens with zero attached hydrogens (tertiary/aromatic N) is 2. The molecule has 0 spiro atoms. The van der Waals surface area contributed by atoms with E-state index in [4.69, 9.17) is 15.5 Å². The standard InChI is InChI=1S/C33H36N4O4S/c1-21(2)18-30(31(38)36-40)37-17-16-33(34,32(37)39)24-10-12-25(13-11-24)41-20-23-19-29(22-8-14-26(42-3)15-9-22)35-28-7-5-4-6-27(23)28/h4-15,19,21,30,40H,16-18,20,34H2,1-3H3,(H,36,38). The minimum atomic E-state index is -1.26. The van der Waals surface area contributed by atoms with E-state index >= 15 is 0 Å². The van der Waals surface area contributed by atoms with E-state index in [-0.39, 0.29) is 11.8 Å². The van der Waals surface area contributed by atoms with Crippen molar-refractivity contribution in [1.29, 1.82) is 0 Å². The first-order valence-corrected chi connectivity index (χ1v) is 15.3. The van der Waals surface area contributed by atoms with E-state index in [1.165, 1.54) is 9.80 Å². The number of likely N-dealkylation sites (tertiary alicyclic amines) is 1. The summed E-state index contributed by atoms with van der Waals surface area (Å²) in [4.78, 5) is 33.4. The number of rotatable bonds is 10. The number of nitrogens with two attached hydrogens (primary N) is 1. The third-order valence-corrected chi connectivity index (χ3v) is 8.57. The molecule has 2 atom stereocenters. The van der Waals surface area contributed by atoms with Gasteiger partial charge in [-0.15, -0.1) is 11.8 Å². The lowest BCUT2D eigenvalue weighted by atomic mass is 9.89. The van der Waals surface area contributed by atoms with Crippen LogP contribution in [-0.4, -0.2) is 45.7 Å². The van der Waals surface area contributed by atoms with Gasteiger partial charge in [0.25, 0.3) is 5.91 Å². The molecule has 42 heavy (non-hydrogen) atoms. The highest BCUT2D eigenvalue weighted by Gasteiger charge is 2.48. The normalized spacial score (nSPS) is 17.6. The van der Waals surface area contributed by atoms with Gasteiger partial charge >= 0.3 is 0 Å². The highest BCUT2D eigenvalue weighted by atomic mass is 32.2. The molecule has 8 nitrogen and oxygen atoms in total. The zero-order valence-corrected chi connectivity index (χ0v) is 24.9. The van der Waals surface area contributed by atoms with E-state index in [9.17, 15) is 14.8 Å². The molecule has 4 aromatic rings. The molecule has 2 amide bonds. The molecule has 2 unspecified atom stereocenters. The molecule has 1 aliphatic heterocycles. The molecule has 9 heteroatoms. The van der Waals surface area contributed by atoms with Gasteiger partial charge in [0.05, 0.1) is 11.2 Å². The van der Waals surface area contributed by atoms with Crippen molar-refractivity contribution in [3.8, 4) is 17.0 Å². The summed E-state index contributed by atoms with van der Waals surface area (Å²) < 4.78 is 6.21. The molecular weight excluding hydrogens is 548 g/mol. The number of aromatic nitrogens is 1. The molecule has 1 aliphatic rings. The average Bonchev–Trinajstić information content (AvgIpc) is 3.32. The zero-order chi connectivity index (χ0) is 29.9. The van der Waals surface area contributed by atoms with Crippen LogP contribution in [0.15, 0.2) is 83.8 Å². The number of nitrogens with one attached hydrogen (secondary N) is 1. The number of hydrogen-bond donors (Lipinski definition) is 3. The SMILES string of the molecule is CSc1ccc(-c2cc(COc3ccc(C4(N)CCN(C(CC(C)C)C(=O)NO)C4=O)cc3)c3ccccc3n2)cc1. The second-order valence-electron chi connectivity index (χ2n) is 11.1. The maximum absolute atomic E-state index is 13.5. The van der Waals surface area contributed by atoms with Crippen LogP contribution in [-0.2, 0) is 21.7 Å². The summed E-state index contributed by atoms with van der Waals surface area (Å²) in [5, 5.41) is 10.3. The minimum absolute atomic E-state index is 0.151.